The Balaban J connectivity index is 2.15. The first-order valence-corrected chi connectivity index (χ1v) is 12.2. The number of imidazole rings is 1. The molecule has 1 aliphatic rings. The topological polar surface area (TPSA) is 278 Å². The van der Waals surface area contributed by atoms with Gasteiger partial charge in [0.05, 0.1) is 12.4 Å². The molecule has 16 heteroatoms. The van der Waals surface area contributed by atoms with Crippen LogP contribution in [0.3, 0.4) is 0 Å². The third-order valence-corrected chi connectivity index (χ3v) is 6.03. The van der Waals surface area contributed by atoms with Gasteiger partial charge in [-0.05, 0) is 32.1 Å². The van der Waals surface area contributed by atoms with Crippen molar-refractivity contribution in [3.05, 3.63) is 18.2 Å². The summed E-state index contributed by atoms with van der Waals surface area (Å²) in [5.41, 5.74) is 22.3. The molecular formula is C22H36N10O6. The number of rotatable bonds is 15. The zero-order chi connectivity index (χ0) is 28.2. The summed E-state index contributed by atoms with van der Waals surface area (Å²) in [5.74, 6) is -3.92. The first-order valence-electron chi connectivity index (χ1n) is 12.2. The highest BCUT2D eigenvalue weighted by Gasteiger charge is 2.38. The van der Waals surface area contributed by atoms with Crippen LogP contribution in [0.4, 0.5) is 0 Å². The van der Waals surface area contributed by atoms with E-state index in [-0.39, 0.29) is 51.2 Å². The molecule has 38 heavy (non-hydrogen) atoms. The Morgan fingerprint density at radius 2 is 1.84 bits per heavy atom. The van der Waals surface area contributed by atoms with E-state index < -0.39 is 53.8 Å². The molecule has 1 saturated heterocycles. The van der Waals surface area contributed by atoms with E-state index in [4.69, 9.17) is 22.9 Å². The van der Waals surface area contributed by atoms with Crippen LogP contribution >= 0.6 is 0 Å². The molecule has 16 nitrogen and oxygen atoms in total. The zero-order valence-corrected chi connectivity index (χ0v) is 21.0. The Hall–Kier alpha value is -4.21. The number of guanidine groups is 1. The zero-order valence-electron chi connectivity index (χ0n) is 21.0. The van der Waals surface area contributed by atoms with Crippen LogP contribution in [0.1, 0.15) is 44.2 Å². The summed E-state index contributed by atoms with van der Waals surface area (Å²) >= 11 is 0. The van der Waals surface area contributed by atoms with Gasteiger partial charge in [0.2, 0.25) is 23.6 Å². The van der Waals surface area contributed by atoms with Gasteiger partial charge < -0.3 is 48.6 Å². The van der Waals surface area contributed by atoms with E-state index in [1.165, 1.54) is 17.4 Å². The van der Waals surface area contributed by atoms with Crippen LogP contribution in [0.25, 0.3) is 0 Å². The van der Waals surface area contributed by atoms with E-state index in [0.29, 0.717) is 18.5 Å². The molecule has 210 valence electrons. The van der Waals surface area contributed by atoms with Crippen molar-refractivity contribution in [1.82, 2.24) is 25.5 Å². The number of carboxylic acids is 1. The number of nitrogens with two attached hydrogens (primary N) is 4. The van der Waals surface area contributed by atoms with Gasteiger partial charge >= 0.3 is 5.97 Å². The van der Waals surface area contributed by atoms with Crippen molar-refractivity contribution in [2.45, 2.75) is 69.1 Å². The maximum absolute atomic E-state index is 13.3. The van der Waals surface area contributed by atoms with Crippen molar-refractivity contribution in [2.24, 2.45) is 27.9 Å². The van der Waals surface area contributed by atoms with Gasteiger partial charge in [0, 0.05) is 37.8 Å². The fourth-order valence-corrected chi connectivity index (χ4v) is 4.06. The predicted molar refractivity (Wildman–Crippen MR) is 135 cm³/mol. The summed E-state index contributed by atoms with van der Waals surface area (Å²) in [4.78, 5) is 74.0. The number of amides is 4. The Labute approximate surface area is 219 Å². The summed E-state index contributed by atoms with van der Waals surface area (Å²) in [7, 11) is 0. The number of H-pyrrole nitrogens is 1. The molecular weight excluding hydrogens is 500 g/mol. The number of aliphatic imine (C=N–C) groups is 1. The Bertz CT molecular complexity index is 1010. The lowest BCUT2D eigenvalue weighted by molar-refractivity contribution is -0.149. The largest absolute Gasteiger partial charge is 0.480 e. The summed E-state index contributed by atoms with van der Waals surface area (Å²) in [5, 5.41) is 14.6. The number of carbonyl (C=O) groups is 5. The van der Waals surface area contributed by atoms with Crippen LogP contribution in [0.2, 0.25) is 0 Å². The van der Waals surface area contributed by atoms with Crippen LogP contribution in [0.5, 0.6) is 0 Å². The lowest BCUT2D eigenvalue weighted by Crippen LogP contribution is -2.57. The van der Waals surface area contributed by atoms with Crippen molar-refractivity contribution < 1.29 is 29.1 Å². The van der Waals surface area contributed by atoms with Crippen LogP contribution in [-0.4, -0.2) is 92.8 Å². The standard InChI is InChI=1S/C22H36N10O6/c23-13(3-1-7-28-22(25)26)18(34)31-15(9-12-10-27-11-29-12)19(35)30-14(5-6-17(24)33)20(36)32-8-2-4-16(32)21(37)38/h10-11,13-16H,1-9,23H2,(H2,24,33)(H,27,29)(H,30,35)(H,31,34)(H,37,38)(H4,25,26,28). The third-order valence-electron chi connectivity index (χ3n) is 6.03. The maximum Gasteiger partial charge on any atom is 0.326 e. The average molecular weight is 537 g/mol. The lowest BCUT2D eigenvalue weighted by atomic mass is 10.1. The van der Waals surface area contributed by atoms with Crippen molar-refractivity contribution in [3.63, 3.8) is 0 Å². The minimum absolute atomic E-state index is 0.00348. The van der Waals surface area contributed by atoms with Crippen LogP contribution < -0.4 is 33.6 Å². The van der Waals surface area contributed by atoms with Gasteiger partial charge in [0.1, 0.15) is 18.1 Å². The second-order valence-corrected chi connectivity index (χ2v) is 8.99. The van der Waals surface area contributed by atoms with Crippen molar-refractivity contribution >= 4 is 35.6 Å². The third kappa shape index (κ3) is 9.34. The molecule has 4 unspecified atom stereocenters. The Kier molecular flexibility index (Phi) is 11.5. The second kappa shape index (κ2) is 14.5. The van der Waals surface area contributed by atoms with Crippen LogP contribution in [0, 0.1) is 0 Å². The van der Waals surface area contributed by atoms with Crippen LogP contribution in [-0.2, 0) is 30.4 Å². The van der Waals surface area contributed by atoms with Gasteiger partial charge in [-0.2, -0.15) is 0 Å². The SMILES string of the molecule is NC(=O)CCC(NC(=O)C(Cc1cnc[nH]1)NC(=O)C(N)CCCN=C(N)N)C(=O)N1CCCC1C(=O)O. The summed E-state index contributed by atoms with van der Waals surface area (Å²) in [6.45, 7) is 0.473. The number of aromatic nitrogens is 2. The molecule has 0 bridgehead atoms. The minimum atomic E-state index is -1.23. The van der Waals surface area contributed by atoms with E-state index in [1.807, 2.05) is 0 Å². The summed E-state index contributed by atoms with van der Waals surface area (Å²) in [6, 6.07) is -4.39. The molecule has 12 N–H and O–H groups in total. The van der Waals surface area contributed by atoms with E-state index in [9.17, 15) is 29.1 Å². The van der Waals surface area contributed by atoms with Crippen LogP contribution in [0.15, 0.2) is 17.5 Å². The van der Waals surface area contributed by atoms with E-state index in [0.717, 1.165) is 0 Å². The first kappa shape index (κ1) is 30.0. The average Bonchev–Trinajstić information content (AvgIpc) is 3.55. The molecule has 0 saturated carbocycles. The molecule has 0 aromatic carbocycles. The molecule has 0 aliphatic carbocycles. The number of carboxylic acid groups (broad SMARTS) is 1. The van der Waals surface area contributed by atoms with Gasteiger partial charge in [0.15, 0.2) is 5.96 Å². The number of likely N-dealkylation sites (tertiary alicyclic amines) is 1. The summed E-state index contributed by atoms with van der Waals surface area (Å²) < 4.78 is 0. The number of aliphatic carboxylic acids is 1. The molecule has 1 aromatic rings. The van der Waals surface area contributed by atoms with E-state index in [1.54, 1.807) is 0 Å². The molecule has 0 spiro atoms. The number of nitrogens with zero attached hydrogens (tertiary/aromatic N) is 3. The molecule has 1 aliphatic heterocycles. The molecule has 1 aromatic heterocycles. The van der Waals surface area contributed by atoms with E-state index in [2.05, 4.69) is 25.6 Å². The highest BCUT2D eigenvalue weighted by molar-refractivity contribution is 5.94. The van der Waals surface area contributed by atoms with Gasteiger partial charge in [-0.25, -0.2) is 9.78 Å². The Morgan fingerprint density at radius 1 is 1.13 bits per heavy atom. The number of primary amides is 1. The highest BCUT2D eigenvalue weighted by Crippen LogP contribution is 2.19. The molecule has 2 rings (SSSR count). The van der Waals surface area contributed by atoms with Gasteiger partial charge in [-0.15, -0.1) is 0 Å². The fourth-order valence-electron chi connectivity index (χ4n) is 4.06. The number of hydrogen-bond donors (Lipinski definition) is 8. The normalized spacial score (nSPS) is 17.2. The quantitative estimate of drug-likeness (QED) is 0.0626. The smallest absolute Gasteiger partial charge is 0.326 e. The predicted octanol–water partition coefficient (Wildman–Crippen LogP) is -3.36. The van der Waals surface area contributed by atoms with Crippen molar-refractivity contribution in [1.29, 1.82) is 0 Å². The molecule has 2 heterocycles. The number of hydrogen-bond acceptors (Lipinski definition) is 8. The van der Waals surface area contributed by atoms with Gasteiger partial charge in [-0.3, -0.25) is 24.2 Å². The maximum atomic E-state index is 13.3. The lowest BCUT2D eigenvalue weighted by Gasteiger charge is -2.28. The number of aromatic amines is 1. The molecule has 4 atom stereocenters. The monoisotopic (exact) mass is 536 g/mol. The van der Waals surface area contributed by atoms with Gasteiger partial charge in [-0.1, -0.05) is 0 Å². The highest BCUT2D eigenvalue weighted by atomic mass is 16.4. The molecule has 4 amide bonds. The Morgan fingerprint density at radius 3 is 2.45 bits per heavy atom. The number of nitrogens with one attached hydrogen (secondary N) is 3. The fraction of sp³-hybridized carbons (Fsp3) is 0.591. The summed E-state index contributed by atoms with van der Waals surface area (Å²) in [6.07, 6.45) is 3.93. The number of carbonyl (C=O) groups excluding carboxylic acids is 4. The second-order valence-electron chi connectivity index (χ2n) is 8.99. The van der Waals surface area contributed by atoms with E-state index >= 15 is 0 Å². The van der Waals surface area contributed by atoms with Crippen molar-refractivity contribution in [2.75, 3.05) is 13.1 Å². The van der Waals surface area contributed by atoms with Crippen molar-refractivity contribution in [3.8, 4) is 0 Å². The molecule has 0 radical (unpaired) electrons. The minimum Gasteiger partial charge on any atom is -0.480 e. The molecule has 1 fully saturated rings. The first-order chi connectivity index (χ1) is 18.0. The van der Waals surface area contributed by atoms with Gasteiger partial charge in [0.25, 0.3) is 0 Å².